The van der Waals surface area contributed by atoms with Gasteiger partial charge in [0.05, 0.1) is 0 Å². The molecule has 0 aromatic rings. The maximum Gasteiger partial charge on any atom is 0.300 e. The fourth-order valence-electron chi connectivity index (χ4n) is 0.757. The molecule has 1 atom stereocenters. The SMILES string of the molecule is CC(=O)O.CCCCC(C)CC. The fraction of sp³-hybridized carbons (Fsp3) is 0.900. The molecule has 0 saturated heterocycles. The van der Waals surface area contributed by atoms with Crippen molar-refractivity contribution in [2.24, 2.45) is 5.92 Å². The van der Waals surface area contributed by atoms with Gasteiger partial charge in [0.2, 0.25) is 0 Å². The smallest absolute Gasteiger partial charge is 0.300 e. The van der Waals surface area contributed by atoms with Gasteiger partial charge < -0.3 is 5.11 Å². The van der Waals surface area contributed by atoms with Crippen molar-refractivity contribution in [3.63, 3.8) is 0 Å². The monoisotopic (exact) mass is 174 g/mol. The van der Waals surface area contributed by atoms with Gasteiger partial charge in [0.1, 0.15) is 0 Å². The van der Waals surface area contributed by atoms with Gasteiger partial charge >= 0.3 is 0 Å². The highest BCUT2D eigenvalue weighted by atomic mass is 16.4. The lowest BCUT2D eigenvalue weighted by Gasteiger charge is -2.04. The van der Waals surface area contributed by atoms with Crippen LogP contribution in [0.5, 0.6) is 0 Å². The first kappa shape index (κ1) is 14.0. The average Bonchev–Trinajstić information content (AvgIpc) is 1.99. The molecule has 2 heteroatoms. The Kier molecular flexibility index (Phi) is 12.2. The van der Waals surface area contributed by atoms with Crippen LogP contribution in [0.4, 0.5) is 0 Å². The third-order valence-electron chi connectivity index (χ3n) is 1.75. The zero-order valence-corrected chi connectivity index (χ0v) is 8.76. The van der Waals surface area contributed by atoms with Crippen molar-refractivity contribution in [1.82, 2.24) is 0 Å². The van der Waals surface area contributed by atoms with Gasteiger partial charge in [-0.3, -0.25) is 4.79 Å². The van der Waals surface area contributed by atoms with E-state index in [4.69, 9.17) is 9.90 Å². The largest absolute Gasteiger partial charge is 0.481 e. The predicted octanol–water partition coefficient (Wildman–Crippen LogP) is 3.31. The lowest BCUT2D eigenvalue weighted by molar-refractivity contribution is -0.134. The van der Waals surface area contributed by atoms with Crippen molar-refractivity contribution in [3.05, 3.63) is 0 Å². The average molecular weight is 174 g/mol. The summed E-state index contributed by atoms with van der Waals surface area (Å²) in [5.41, 5.74) is 0. The second-order valence-electron chi connectivity index (χ2n) is 3.17. The third kappa shape index (κ3) is 22.7. The summed E-state index contributed by atoms with van der Waals surface area (Å²) >= 11 is 0. The summed E-state index contributed by atoms with van der Waals surface area (Å²) in [6.45, 7) is 7.93. The number of rotatable bonds is 4. The van der Waals surface area contributed by atoms with Crippen molar-refractivity contribution in [1.29, 1.82) is 0 Å². The van der Waals surface area contributed by atoms with Gasteiger partial charge in [-0.05, 0) is 5.92 Å². The van der Waals surface area contributed by atoms with Gasteiger partial charge in [-0.2, -0.15) is 0 Å². The Balaban J connectivity index is 0. The van der Waals surface area contributed by atoms with E-state index in [1.165, 1.54) is 25.7 Å². The molecule has 0 radical (unpaired) electrons. The molecule has 0 spiro atoms. The Hall–Kier alpha value is -0.530. The molecule has 0 heterocycles. The number of carboxylic acid groups (broad SMARTS) is 1. The molecule has 0 aliphatic heterocycles. The molecule has 0 aliphatic rings. The van der Waals surface area contributed by atoms with E-state index in [-0.39, 0.29) is 0 Å². The fourth-order valence-corrected chi connectivity index (χ4v) is 0.757. The van der Waals surface area contributed by atoms with Gasteiger partial charge in [0.25, 0.3) is 5.97 Å². The van der Waals surface area contributed by atoms with E-state index in [0.29, 0.717) is 0 Å². The zero-order valence-electron chi connectivity index (χ0n) is 8.76. The van der Waals surface area contributed by atoms with E-state index >= 15 is 0 Å². The van der Waals surface area contributed by atoms with Crippen molar-refractivity contribution in [2.75, 3.05) is 0 Å². The third-order valence-corrected chi connectivity index (χ3v) is 1.75. The molecule has 0 aliphatic carbocycles. The molecule has 0 fully saturated rings. The molecule has 12 heavy (non-hydrogen) atoms. The van der Waals surface area contributed by atoms with Crippen LogP contribution in [0.2, 0.25) is 0 Å². The van der Waals surface area contributed by atoms with Gasteiger partial charge in [-0.1, -0.05) is 46.5 Å². The summed E-state index contributed by atoms with van der Waals surface area (Å²) in [4.78, 5) is 9.00. The van der Waals surface area contributed by atoms with Crippen molar-refractivity contribution in [2.45, 2.75) is 53.4 Å². The summed E-state index contributed by atoms with van der Waals surface area (Å²) in [7, 11) is 0. The topological polar surface area (TPSA) is 37.3 Å². The van der Waals surface area contributed by atoms with Crippen LogP contribution >= 0.6 is 0 Å². The molecule has 0 amide bonds. The molecule has 0 saturated carbocycles. The van der Waals surface area contributed by atoms with E-state index in [1.54, 1.807) is 0 Å². The standard InChI is InChI=1S/C8H18.C2H4O2/c1-4-6-7-8(3)5-2;1-2(3)4/h8H,4-7H2,1-3H3;1H3,(H,3,4). The normalized spacial score (nSPS) is 11.3. The number of hydrogen-bond donors (Lipinski definition) is 1. The molecular weight excluding hydrogens is 152 g/mol. The summed E-state index contributed by atoms with van der Waals surface area (Å²) < 4.78 is 0. The van der Waals surface area contributed by atoms with Crippen LogP contribution < -0.4 is 0 Å². The Morgan fingerprint density at radius 3 is 2.08 bits per heavy atom. The minimum absolute atomic E-state index is 0.833. The molecule has 1 N–H and O–H groups in total. The van der Waals surface area contributed by atoms with Crippen LogP contribution in [0.25, 0.3) is 0 Å². The number of carboxylic acids is 1. The van der Waals surface area contributed by atoms with Crippen molar-refractivity contribution >= 4 is 5.97 Å². The minimum atomic E-state index is -0.833. The van der Waals surface area contributed by atoms with Crippen LogP contribution in [-0.2, 0) is 4.79 Å². The molecule has 0 bridgehead atoms. The Morgan fingerprint density at radius 2 is 1.83 bits per heavy atom. The zero-order chi connectivity index (χ0) is 9.98. The van der Waals surface area contributed by atoms with Gasteiger partial charge in [0, 0.05) is 6.92 Å². The lowest BCUT2D eigenvalue weighted by atomic mass is 10.0. The number of aliphatic carboxylic acids is 1. The first-order valence-electron chi connectivity index (χ1n) is 4.74. The van der Waals surface area contributed by atoms with E-state index in [2.05, 4.69) is 20.8 Å². The number of unbranched alkanes of at least 4 members (excludes halogenated alkanes) is 1. The second kappa shape index (κ2) is 10.5. The lowest BCUT2D eigenvalue weighted by Crippen LogP contribution is -1.89. The van der Waals surface area contributed by atoms with Crippen LogP contribution in [0.3, 0.4) is 0 Å². The number of carbonyl (C=O) groups is 1. The summed E-state index contributed by atoms with van der Waals surface area (Å²) in [5, 5.41) is 7.42. The highest BCUT2D eigenvalue weighted by molar-refractivity contribution is 5.62. The van der Waals surface area contributed by atoms with E-state index in [0.717, 1.165) is 12.8 Å². The molecule has 0 aromatic heterocycles. The molecule has 74 valence electrons. The van der Waals surface area contributed by atoms with Crippen LogP contribution in [0.15, 0.2) is 0 Å². The molecular formula is C10H22O2. The second-order valence-corrected chi connectivity index (χ2v) is 3.17. The van der Waals surface area contributed by atoms with Crippen LogP contribution in [0, 0.1) is 5.92 Å². The summed E-state index contributed by atoms with van der Waals surface area (Å²) in [6, 6.07) is 0. The van der Waals surface area contributed by atoms with Gasteiger partial charge in [-0.25, -0.2) is 0 Å². The quantitative estimate of drug-likeness (QED) is 0.710. The number of hydrogen-bond acceptors (Lipinski definition) is 1. The Labute approximate surface area is 76.0 Å². The maximum absolute atomic E-state index is 9.00. The Morgan fingerprint density at radius 1 is 1.42 bits per heavy atom. The highest BCUT2D eigenvalue weighted by Crippen LogP contribution is 2.09. The van der Waals surface area contributed by atoms with Crippen molar-refractivity contribution in [3.8, 4) is 0 Å². The first-order chi connectivity index (χ1) is 5.54. The van der Waals surface area contributed by atoms with Crippen LogP contribution in [0.1, 0.15) is 53.4 Å². The summed E-state index contributed by atoms with van der Waals surface area (Å²) in [5.74, 6) is 0.120. The summed E-state index contributed by atoms with van der Waals surface area (Å²) in [6.07, 6.45) is 5.53. The first-order valence-corrected chi connectivity index (χ1v) is 4.74. The van der Waals surface area contributed by atoms with Crippen molar-refractivity contribution < 1.29 is 9.90 Å². The molecule has 1 unspecified atom stereocenters. The minimum Gasteiger partial charge on any atom is -0.481 e. The molecule has 0 aromatic carbocycles. The van der Waals surface area contributed by atoms with E-state index in [1.807, 2.05) is 0 Å². The molecule has 2 nitrogen and oxygen atoms in total. The maximum atomic E-state index is 9.00. The highest BCUT2D eigenvalue weighted by Gasteiger charge is 1.94. The van der Waals surface area contributed by atoms with Crippen LogP contribution in [-0.4, -0.2) is 11.1 Å². The Bertz CT molecular complexity index is 96.0. The molecule has 0 rings (SSSR count). The van der Waals surface area contributed by atoms with Gasteiger partial charge in [0.15, 0.2) is 0 Å². The predicted molar refractivity (Wildman–Crippen MR) is 52.3 cm³/mol. The van der Waals surface area contributed by atoms with E-state index in [9.17, 15) is 0 Å². The van der Waals surface area contributed by atoms with Gasteiger partial charge in [-0.15, -0.1) is 0 Å². The van der Waals surface area contributed by atoms with E-state index < -0.39 is 5.97 Å².